The van der Waals surface area contributed by atoms with Crippen molar-refractivity contribution < 1.29 is 14.8 Å². The monoisotopic (exact) mass is 354 g/mol. The maximum Gasteiger partial charge on any atom is 0.274 e. The summed E-state index contributed by atoms with van der Waals surface area (Å²) in [6, 6.07) is 15.0. The van der Waals surface area contributed by atoms with E-state index in [0.29, 0.717) is 12.0 Å². The lowest BCUT2D eigenvalue weighted by molar-refractivity contribution is -0.116. The quantitative estimate of drug-likeness (QED) is 0.468. The molecule has 0 unspecified atom stereocenters. The molecule has 2 aromatic carbocycles. The molecule has 0 heterocycles. The maximum absolute atomic E-state index is 12.1. The Hall–Kier alpha value is -2.66. The lowest BCUT2D eigenvalue weighted by atomic mass is 10.1. The van der Waals surface area contributed by atoms with Crippen LogP contribution in [0.3, 0.4) is 0 Å². The number of aryl methyl sites for hydroxylation is 2. The summed E-state index contributed by atoms with van der Waals surface area (Å²) in [7, 11) is 0. The molecule has 0 aromatic heterocycles. The third-order valence-corrected chi connectivity index (χ3v) is 4.24. The predicted molar refractivity (Wildman–Crippen MR) is 102 cm³/mol. The Kier molecular flexibility index (Phi) is 7.83. The molecule has 2 amide bonds. The molecule has 0 bridgehead atoms. The maximum atomic E-state index is 12.1. The molecule has 2 rings (SSSR count). The largest absolute Gasteiger partial charge is 0.326 e. The van der Waals surface area contributed by atoms with E-state index in [9.17, 15) is 9.59 Å². The van der Waals surface area contributed by atoms with Crippen LogP contribution >= 0.6 is 0 Å². The fourth-order valence-corrected chi connectivity index (χ4v) is 2.70. The van der Waals surface area contributed by atoms with Gasteiger partial charge in [-0.05, 0) is 61.1 Å². The van der Waals surface area contributed by atoms with Crippen molar-refractivity contribution in [1.82, 2.24) is 5.48 Å². The van der Waals surface area contributed by atoms with Crippen molar-refractivity contribution in [3.63, 3.8) is 0 Å². The summed E-state index contributed by atoms with van der Waals surface area (Å²) in [5.41, 5.74) is 5.17. The molecule has 138 valence electrons. The normalized spacial score (nSPS) is 10.4. The van der Waals surface area contributed by atoms with Gasteiger partial charge in [0, 0.05) is 17.7 Å². The van der Waals surface area contributed by atoms with Crippen LogP contribution in [0.5, 0.6) is 0 Å². The van der Waals surface area contributed by atoms with Crippen molar-refractivity contribution >= 4 is 17.5 Å². The minimum Gasteiger partial charge on any atom is -0.326 e. The summed E-state index contributed by atoms with van der Waals surface area (Å²) in [5.74, 6) is -0.528. The Morgan fingerprint density at radius 3 is 2.04 bits per heavy atom. The standard InChI is InChI=1S/C21H26N2O3/c1-2-3-5-16-10-14-19(15-11-16)22-20(24)7-4-6-17-8-12-18(13-9-17)21(25)23-26/h8-15,26H,2-7H2,1H3,(H,22,24)(H,23,25). The van der Waals surface area contributed by atoms with Crippen LogP contribution in [-0.4, -0.2) is 17.0 Å². The van der Waals surface area contributed by atoms with Crippen LogP contribution in [0.2, 0.25) is 0 Å². The van der Waals surface area contributed by atoms with Crippen LogP contribution in [0.15, 0.2) is 48.5 Å². The first-order valence-electron chi connectivity index (χ1n) is 9.04. The number of hydroxylamine groups is 1. The van der Waals surface area contributed by atoms with Gasteiger partial charge in [0.1, 0.15) is 0 Å². The van der Waals surface area contributed by atoms with E-state index in [2.05, 4.69) is 24.4 Å². The van der Waals surface area contributed by atoms with Crippen LogP contribution < -0.4 is 10.8 Å². The number of hydrogen-bond donors (Lipinski definition) is 3. The van der Waals surface area contributed by atoms with Gasteiger partial charge >= 0.3 is 0 Å². The zero-order valence-electron chi connectivity index (χ0n) is 15.1. The third kappa shape index (κ3) is 6.33. The Bertz CT molecular complexity index is 709. The Balaban J connectivity index is 1.74. The van der Waals surface area contributed by atoms with E-state index < -0.39 is 5.91 Å². The van der Waals surface area contributed by atoms with Crippen LogP contribution in [0.1, 0.15) is 54.1 Å². The molecule has 0 spiro atoms. The van der Waals surface area contributed by atoms with Crippen molar-refractivity contribution in [3.8, 4) is 0 Å². The van der Waals surface area contributed by atoms with Crippen molar-refractivity contribution in [3.05, 3.63) is 65.2 Å². The van der Waals surface area contributed by atoms with Gasteiger partial charge in [-0.15, -0.1) is 0 Å². The van der Waals surface area contributed by atoms with Crippen molar-refractivity contribution in [2.24, 2.45) is 0 Å². The second kappa shape index (κ2) is 10.4. The Labute approximate surface area is 154 Å². The van der Waals surface area contributed by atoms with Crippen LogP contribution in [0.4, 0.5) is 5.69 Å². The molecule has 5 nitrogen and oxygen atoms in total. The fourth-order valence-electron chi connectivity index (χ4n) is 2.70. The molecule has 0 aliphatic heterocycles. The molecule has 0 aliphatic carbocycles. The average molecular weight is 354 g/mol. The van der Waals surface area contributed by atoms with Gasteiger partial charge in [0.2, 0.25) is 5.91 Å². The molecular formula is C21H26N2O3. The van der Waals surface area contributed by atoms with E-state index in [-0.39, 0.29) is 5.91 Å². The summed E-state index contributed by atoms with van der Waals surface area (Å²) in [5, 5.41) is 11.5. The highest BCUT2D eigenvalue weighted by Gasteiger charge is 2.05. The first kappa shape index (κ1) is 19.7. The van der Waals surface area contributed by atoms with Gasteiger partial charge in [-0.3, -0.25) is 14.8 Å². The fraction of sp³-hybridized carbons (Fsp3) is 0.333. The Morgan fingerprint density at radius 2 is 1.46 bits per heavy atom. The van der Waals surface area contributed by atoms with Gasteiger partial charge < -0.3 is 5.32 Å². The molecule has 0 saturated heterocycles. The minimum absolute atomic E-state index is 0.00240. The van der Waals surface area contributed by atoms with Gasteiger partial charge in [0.25, 0.3) is 5.91 Å². The van der Waals surface area contributed by atoms with Gasteiger partial charge in [-0.1, -0.05) is 37.6 Å². The van der Waals surface area contributed by atoms with E-state index >= 15 is 0 Å². The summed E-state index contributed by atoms with van der Waals surface area (Å²) in [4.78, 5) is 23.3. The predicted octanol–water partition coefficient (Wildman–Crippen LogP) is 4.11. The highest BCUT2D eigenvalue weighted by atomic mass is 16.5. The lowest BCUT2D eigenvalue weighted by Gasteiger charge is -2.07. The summed E-state index contributed by atoms with van der Waals surface area (Å²) < 4.78 is 0. The summed E-state index contributed by atoms with van der Waals surface area (Å²) in [6.45, 7) is 2.18. The van der Waals surface area contributed by atoms with Gasteiger partial charge in [0.05, 0.1) is 0 Å². The van der Waals surface area contributed by atoms with E-state index in [0.717, 1.165) is 30.5 Å². The lowest BCUT2D eigenvalue weighted by Crippen LogP contribution is -2.18. The first-order chi connectivity index (χ1) is 12.6. The SMILES string of the molecule is CCCCc1ccc(NC(=O)CCCc2ccc(C(=O)NO)cc2)cc1. The van der Waals surface area contributed by atoms with Gasteiger partial charge in [-0.25, -0.2) is 5.48 Å². The Morgan fingerprint density at radius 1 is 0.885 bits per heavy atom. The molecule has 0 radical (unpaired) electrons. The highest BCUT2D eigenvalue weighted by molar-refractivity contribution is 5.93. The molecular weight excluding hydrogens is 328 g/mol. The second-order valence-electron chi connectivity index (χ2n) is 6.34. The molecule has 0 aliphatic rings. The molecule has 0 atom stereocenters. The molecule has 3 N–H and O–H groups in total. The average Bonchev–Trinajstić information content (AvgIpc) is 2.67. The van der Waals surface area contributed by atoms with Crippen LogP contribution in [-0.2, 0) is 17.6 Å². The number of carbonyl (C=O) groups is 2. The second-order valence-corrected chi connectivity index (χ2v) is 6.34. The third-order valence-electron chi connectivity index (χ3n) is 4.24. The zero-order chi connectivity index (χ0) is 18.8. The van der Waals surface area contributed by atoms with Gasteiger partial charge in [-0.2, -0.15) is 0 Å². The number of anilines is 1. The number of hydrogen-bond acceptors (Lipinski definition) is 3. The van der Waals surface area contributed by atoms with Crippen molar-refractivity contribution in [2.45, 2.75) is 45.4 Å². The number of rotatable bonds is 9. The number of amides is 2. The topological polar surface area (TPSA) is 78.4 Å². The number of carbonyl (C=O) groups excluding carboxylic acids is 2. The van der Waals surface area contributed by atoms with E-state index in [1.807, 2.05) is 24.3 Å². The summed E-state index contributed by atoms with van der Waals surface area (Å²) in [6.07, 6.45) is 5.35. The number of benzene rings is 2. The van der Waals surface area contributed by atoms with E-state index in [4.69, 9.17) is 5.21 Å². The van der Waals surface area contributed by atoms with E-state index in [1.54, 1.807) is 17.6 Å². The zero-order valence-corrected chi connectivity index (χ0v) is 15.1. The summed E-state index contributed by atoms with van der Waals surface area (Å²) >= 11 is 0. The van der Waals surface area contributed by atoms with Crippen molar-refractivity contribution in [1.29, 1.82) is 0 Å². The molecule has 0 saturated carbocycles. The van der Waals surface area contributed by atoms with Gasteiger partial charge in [0.15, 0.2) is 0 Å². The first-order valence-corrected chi connectivity index (χ1v) is 9.04. The molecule has 26 heavy (non-hydrogen) atoms. The van der Waals surface area contributed by atoms with Crippen LogP contribution in [0.25, 0.3) is 0 Å². The number of nitrogens with one attached hydrogen (secondary N) is 2. The number of unbranched alkanes of at least 4 members (excludes halogenated alkanes) is 1. The molecule has 5 heteroatoms. The smallest absolute Gasteiger partial charge is 0.274 e. The highest BCUT2D eigenvalue weighted by Crippen LogP contribution is 2.13. The van der Waals surface area contributed by atoms with E-state index in [1.165, 1.54) is 18.4 Å². The molecule has 2 aromatic rings. The minimum atomic E-state index is -0.531. The molecule has 0 fully saturated rings. The van der Waals surface area contributed by atoms with Crippen molar-refractivity contribution in [2.75, 3.05) is 5.32 Å². The van der Waals surface area contributed by atoms with Crippen LogP contribution in [0, 0.1) is 0 Å².